The van der Waals surface area contributed by atoms with Gasteiger partial charge in [0.1, 0.15) is 0 Å². The number of ketones is 1. The molecule has 0 aromatic heterocycles. The standard InChI is InChI=1S/C33H35N3O6/c1-33(2)15-23-31(25(37)16-33)32(21-10-12-26(39-3)28(14-21)40-4)36(24-8-6-5-7-22(24)35-23)18-30(38)34-17-20-9-11-27-29(13-20)42-19-41-27/h5-14,32,35H,15-19H2,1-4H3,(H,34,38). The number of carbonyl (C=O) groups excluding carboxylic acids is 2. The first-order valence-corrected chi connectivity index (χ1v) is 14.0. The van der Waals surface area contributed by atoms with Crippen LogP contribution in [-0.4, -0.2) is 39.2 Å². The van der Waals surface area contributed by atoms with E-state index in [-0.39, 0.29) is 30.4 Å². The molecule has 3 aromatic carbocycles. The third-order valence-corrected chi connectivity index (χ3v) is 7.97. The van der Waals surface area contributed by atoms with Crippen molar-refractivity contribution in [3.8, 4) is 23.0 Å². The number of Topliss-reactive ketones (excluding diaryl/α,β-unsaturated/α-hetero) is 1. The molecule has 9 nitrogen and oxygen atoms in total. The summed E-state index contributed by atoms with van der Waals surface area (Å²) in [6.07, 6.45) is 1.12. The number of hydrogen-bond acceptors (Lipinski definition) is 8. The number of fused-ring (bicyclic) bond motifs is 2. The van der Waals surface area contributed by atoms with Crippen molar-refractivity contribution in [3.63, 3.8) is 0 Å². The van der Waals surface area contributed by atoms with E-state index in [2.05, 4.69) is 24.5 Å². The number of nitrogens with zero attached hydrogens (tertiary/aromatic N) is 1. The smallest absolute Gasteiger partial charge is 0.239 e. The highest BCUT2D eigenvalue weighted by atomic mass is 16.7. The van der Waals surface area contributed by atoms with E-state index in [0.717, 1.165) is 28.2 Å². The summed E-state index contributed by atoms with van der Waals surface area (Å²) in [5, 5.41) is 6.64. The van der Waals surface area contributed by atoms with Crippen LogP contribution in [0.15, 0.2) is 71.9 Å². The molecule has 1 unspecified atom stereocenters. The summed E-state index contributed by atoms with van der Waals surface area (Å²) in [7, 11) is 3.18. The number of carbonyl (C=O) groups is 2. The van der Waals surface area contributed by atoms with Gasteiger partial charge < -0.3 is 34.5 Å². The first-order valence-electron chi connectivity index (χ1n) is 14.0. The maximum absolute atomic E-state index is 13.9. The molecule has 9 heteroatoms. The summed E-state index contributed by atoms with van der Waals surface area (Å²) < 4.78 is 22.0. The van der Waals surface area contributed by atoms with E-state index >= 15 is 0 Å². The number of para-hydroxylation sites is 2. The minimum Gasteiger partial charge on any atom is -0.493 e. The second-order valence-corrected chi connectivity index (χ2v) is 11.6. The lowest BCUT2D eigenvalue weighted by Crippen LogP contribution is -2.41. The number of rotatable bonds is 7. The van der Waals surface area contributed by atoms with Gasteiger partial charge in [0.05, 0.1) is 38.2 Å². The Morgan fingerprint density at radius 3 is 2.60 bits per heavy atom. The van der Waals surface area contributed by atoms with Gasteiger partial charge in [-0.3, -0.25) is 9.59 Å². The van der Waals surface area contributed by atoms with E-state index in [0.29, 0.717) is 48.0 Å². The van der Waals surface area contributed by atoms with Gasteiger partial charge in [-0.15, -0.1) is 0 Å². The van der Waals surface area contributed by atoms with Crippen LogP contribution in [0.4, 0.5) is 11.4 Å². The van der Waals surface area contributed by atoms with Crippen molar-refractivity contribution in [2.24, 2.45) is 5.41 Å². The van der Waals surface area contributed by atoms with Crippen LogP contribution in [0.5, 0.6) is 23.0 Å². The SMILES string of the molecule is COc1ccc(C2C3=C(CC(C)(C)CC3=O)Nc3ccccc3N2CC(=O)NCc2ccc3c(c2)OCO3)cc1OC. The minimum atomic E-state index is -0.532. The van der Waals surface area contributed by atoms with Gasteiger partial charge in [-0.2, -0.15) is 0 Å². The number of methoxy groups -OCH3 is 2. The Morgan fingerprint density at radius 1 is 1.00 bits per heavy atom. The second kappa shape index (κ2) is 11.0. The van der Waals surface area contributed by atoms with Crippen molar-refractivity contribution in [2.45, 2.75) is 39.3 Å². The lowest BCUT2D eigenvalue weighted by molar-refractivity contribution is -0.120. The Hall–Kier alpha value is -4.66. The normalized spacial score (nSPS) is 18.4. The molecule has 0 spiro atoms. The number of benzene rings is 3. The van der Waals surface area contributed by atoms with Crippen molar-refractivity contribution in [1.29, 1.82) is 0 Å². The summed E-state index contributed by atoms with van der Waals surface area (Å²) in [6, 6.07) is 18.6. The maximum atomic E-state index is 13.9. The van der Waals surface area contributed by atoms with Gasteiger partial charge in [-0.1, -0.05) is 38.1 Å². The Balaban J connectivity index is 1.40. The van der Waals surface area contributed by atoms with Crippen molar-refractivity contribution in [1.82, 2.24) is 5.32 Å². The molecule has 0 fully saturated rings. The Morgan fingerprint density at radius 2 is 1.79 bits per heavy atom. The van der Waals surface area contributed by atoms with Gasteiger partial charge in [0.25, 0.3) is 0 Å². The molecule has 2 heterocycles. The van der Waals surface area contributed by atoms with Crippen molar-refractivity contribution in [3.05, 3.63) is 83.1 Å². The van der Waals surface area contributed by atoms with E-state index in [4.69, 9.17) is 18.9 Å². The number of nitrogens with one attached hydrogen (secondary N) is 2. The topological polar surface area (TPSA) is 98.4 Å². The molecule has 2 aliphatic heterocycles. The van der Waals surface area contributed by atoms with Crippen LogP contribution in [0.3, 0.4) is 0 Å². The number of hydrogen-bond donors (Lipinski definition) is 2. The van der Waals surface area contributed by atoms with Crippen molar-refractivity contribution >= 4 is 23.1 Å². The summed E-state index contributed by atoms with van der Waals surface area (Å²) >= 11 is 0. The van der Waals surface area contributed by atoms with E-state index in [1.165, 1.54) is 0 Å². The van der Waals surface area contributed by atoms with Crippen LogP contribution < -0.4 is 34.5 Å². The molecule has 1 amide bonds. The van der Waals surface area contributed by atoms with Crippen molar-refractivity contribution in [2.75, 3.05) is 37.8 Å². The third kappa shape index (κ3) is 5.22. The summed E-state index contributed by atoms with van der Waals surface area (Å²) in [6.45, 7) is 4.76. The molecule has 3 aliphatic rings. The first kappa shape index (κ1) is 27.5. The van der Waals surface area contributed by atoms with E-state index in [1.807, 2.05) is 65.6 Å². The highest BCUT2D eigenvalue weighted by Crippen LogP contribution is 2.49. The third-order valence-electron chi connectivity index (χ3n) is 7.97. The quantitative estimate of drug-likeness (QED) is 0.392. The summed E-state index contributed by atoms with van der Waals surface area (Å²) in [4.78, 5) is 29.6. The van der Waals surface area contributed by atoms with Crippen LogP contribution >= 0.6 is 0 Å². The number of amides is 1. The van der Waals surface area contributed by atoms with Gasteiger partial charge >= 0.3 is 0 Å². The molecule has 42 heavy (non-hydrogen) atoms. The van der Waals surface area contributed by atoms with E-state index < -0.39 is 6.04 Å². The van der Waals surface area contributed by atoms with Gasteiger partial charge in [0.2, 0.25) is 12.7 Å². The van der Waals surface area contributed by atoms with Crippen LogP contribution in [0.25, 0.3) is 0 Å². The molecule has 0 saturated carbocycles. The molecule has 1 aliphatic carbocycles. The molecule has 0 saturated heterocycles. The average molecular weight is 570 g/mol. The molecular formula is C33H35N3O6. The van der Waals surface area contributed by atoms with Crippen molar-refractivity contribution < 1.29 is 28.5 Å². The molecule has 3 aromatic rings. The monoisotopic (exact) mass is 569 g/mol. The van der Waals surface area contributed by atoms with E-state index in [1.54, 1.807) is 14.2 Å². The Kier molecular flexibility index (Phi) is 7.18. The number of allylic oxidation sites excluding steroid dienone is 1. The van der Waals surface area contributed by atoms with Gasteiger partial charge in [-0.25, -0.2) is 0 Å². The van der Waals surface area contributed by atoms with Gasteiger partial charge in [-0.05, 0) is 59.4 Å². The maximum Gasteiger partial charge on any atom is 0.239 e. The predicted molar refractivity (Wildman–Crippen MR) is 159 cm³/mol. The van der Waals surface area contributed by atoms with Crippen LogP contribution in [0, 0.1) is 5.41 Å². The zero-order valence-electron chi connectivity index (χ0n) is 24.3. The molecular weight excluding hydrogens is 534 g/mol. The average Bonchev–Trinajstić information content (AvgIpc) is 3.39. The van der Waals surface area contributed by atoms with Crippen LogP contribution in [0.2, 0.25) is 0 Å². The van der Waals surface area contributed by atoms with Crippen LogP contribution in [-0.2, 0) is 16.1 Å². The Labute approximate surface area is 245 Å². The van der Waals surface area contributed by atoms with Gasteiger partial charge in [0.15, 0.2) is 28.8 Å². The summed E-state index contributed by atoms with van der Waals surface area (Å²) in [5.41, 5.74) is 4.76. The highest BCUT2D eigenvalue weighted by Gasteiger charge is 2.42. The molecule has 1 atom stereocenters. The molecule has 6 rings (SSSR count). The Bertz CT molecular complexity index is 1580. The number of ether oxygens (including phenoxy) is 4. The number of anilines is 2. The van der Waals surface area contributed by atoms with E-state index in [9.17, 15) is 9.59 Å². The zero-order valence-corrected chi connectivity index (χ0v) is 24.3. The predicted octanol–water partition coefficient (Wildman–Crippen LogP) is 5.37. The zero-order chi connectivity index (χ0) is 29.4. The van der Waals surface area contributed by atoms with Gasteiger partial charge in [0, 0.05) is 24.2 Å². The second-order valence-electron chi connectivity index (χ2n) is 11.6. The molecule has 218 valence electrons. The largest absolute Gasteiger partial charge is 0.493 e. The molecule has 2 N–H and O–H groups in total. The molecule has 0 bridgehead atoms. The highest BCUT2D eigenvalue weighted by molar-refractivity contribution is 6.02. The first-order chi connectivity index (χ1) is 20.3. The fourth-order valence-corrected chi connectivity index (χ4v) is 6.06. The summed E-state index contributed by atoms with van der Waals surface area (Å²) in [5.74, 6) is 2.39. The fraction of sp³-hybridized carbons (Fsp3) is 0.333. The van der Waals surface area contributed by atoms with Crippen LogP contribution in [0.1, 0.15) is 43.9 Å². The lowest BCUT2D eigenvalue weighted by atomic mass is 9.73. The molecule has 0 radical (unpaired) electrons. The fourth-order valence-electron chi connectivity index (χ4n) is 6.06. The lowest BCUT2D eigenvalue weighted by Gasteiger charge is -2.38. The minimum absolute atomic E-state index is 0.0235.